The van der Waals surface area contributed by atoms with Crippen molar-refractivity contribution < 1.29 is 19.1 Å². The molecule has 1 unspecified atom stereocenters. The SMILES string of the molecule is CCOC(=O)C1CCCN(c2c(N3CCN(C(=O)Nc4ccccc4OCC)CC3)cnn(-c3ccccc3)c2=O)C1. The second-order valence-electron chi connectivity index (χ2n) is 10.3. The van der Waals surface area contributed by atoms with E-state index in [1.165, 1.54) is 4.68 Å². The lowest BCUT2D eigenvalue weighted by molar-refractivity contribution is -0.148. The fraction of sp³-hybridized carbons (Fsp3) is 0.419. The van der Waals surface area contributed by atoms with Crippen LogP contribution in [0.5, 0.6) is 5.75 Å². The third kappa shape index (κ3) is 6.35. The molecule has 2 amide bonds. The van der Waals surface area contributed by atoms with Crippen molar-refractivity contribution in [3.8, 4) is 11.4 Å². The number of benzene rings is 2. The summed E-state index contributed by atoms with van der Waals surface area (Å²) in [7, 11) is 0. The quantitative estimate of drug-likeness (QED) is 0.405. The molecule has 2 aliphatic heterocycles. The van der Waals surface area contributed by atoms with Gasteiger partial charge in [-0.1, -0.05) is 30.3 Å². The fourth-order valence-corrected chi connectivity index (χ4v) is 5.55. The predicted molar refractivity (Wildman–Crippen MR) is 162 cm³/mol. The number of hydrogen-bond donors (Lipinski definition) is 1. The maximum Gasteiger partial charge on any atom is 0.322 e. The van der Waals surface area contributed by atoms with Crippen molar-refractivity contribution in [1.82, 2.24) is 14.7 Å². The van der Waals surface area contributed by atoms with Gasteiger partial charge in [-0.25, -0.2) is 4.79 Å². The molecule has 5 rings (SSSR count). The molecule has 2 fully saturated rings. The van der Waals surface area contributed by atoms with E-state index in [0.717, 1.165) is 12.8 Å². The van der Waals surface area contributed by atoms with E-state index >= 15 is 0 Å². The summed E-state index contributed by atoms with van der Waals surface area (Å²) < 4.78 is 12.4. The summed E-state index contributed by atoms with van der Waals surface area (Å²) in [5, 5.41) is 7.51. The number of piperidine rings is 1. The molecule has 1 N–H and O–H groups in total. The maximum atomic E-state index is 14.0. The molecule has 3 heterocycles. The second kappa shape index (κ2) is 13.4. The number of ether oxygens (including phenoxy) is 2. The van der Waals surface area contributed by atoms with Crippen LogP contribution in [0.15, 0.2) is 65.6 Å². The first-order valence-corrected chi connectivity index (χ1v) is 14.6. The lowest BCUT2D eigenvalue weighted by atomic mass is 9.97. The summed E-state index contributed by atoms with van der Waals surface area (Å²) in [5.74, 6) is 0.0977. The molecular formula is C31H38N6O5. The highest BCUT2D eigenvalue weighted by atomic mass is 16.5. The van der Waals surface area contributed by atoms with Gasteiger partial charge in [-0.05, 0) is 51.0 Å². The number of para-hydroxylation sites is 3. The van der Waals surface area contributed by atoms with Crippen LogP contribution in [0, 0.1) is 5.92 Å². The largest absolute Gasteiger partial charge is 0.492 e. The van der Waals surface area contributed by atoms with Crippen molar-refractivity contribution in [2.75, 3.05) is 67.6 Å². The van der Waals surface area contributed by atoms with Crippen LogP contribution >= 0.6 is 0 Å². The van der Waals surface area contributed by atoms with Gasteiger partial charge in [-0.3, -0.25) is 9.59 Å². The van der Waals surface area contributed by atoms with Crippen molar-refractivity contribution in [1.29, 1.82) is 0 Å². The number of esters is 1. The maximum absolute atomic E-state index is 14.0. The number of piperazine rings is 1. The van der Waals surface area contributed by atoms with Crippen molar-refractivity contribution in [2.45, 2.75) is 26.7 Å². The fourth-order valence-electron chi connectivity index (χ4n) is 5.55. The molecule has 0 bridgehead atoms. The van der Waals surface area contributed by atoms with Gasteiger partial charge in [0.15, 0.2) is 0 Å². The Labute approximate surface area is 245 Å². The molecule has 0 saturated carbocycles. The Morgan fingerprint density at radius 3 is 2.40 bits per heavy atom. The summed E-state index contributed by atoms with van der Waals surface area (Å²) in [6.07, 6.45) is 3.22. The second-order valence-corrected chi connectivity index (χ2v) is 10.3. The van der Waals surface area contributed by atoms with Gasteiger partial charge in [-0.2, -0.15) is 9.78 Å². The Hall–Kier alpha value is -4.54. The number of amides is 2. The molecule has 1 atom stereocenters. The minimum Gasteiger partial charge on any atom is -0.492 e. The number of nitrogens with one attached hydrogen (secondary N) is 1. The lowest BCUT2D eigenvalue weighted by Crippen LogP contribution is -2.51. The van der Waals surface area contributed by atoms with Gasteiger partial charge >= 0.3 is 12.0 Å². The number of rotatable bonds is 8. The molecule has 0 aliphatic carbocycles. The molecule has 2 saturated heterocycles. The Bertz CT molecular complexity index is 1440. The monoisotopic (exact) mass is 574 g/mol. The minimum atomic E-state index is -0.301. The summed E-state index contributed by atoms with van der Waals surface area (Å²) in [5.41, 5.74) is 2.29. The molecule has 2 aliphatic rings. The molecule has 1 aromatic heterocycles. The van der Waals surface area contributed by atoms with Gasteiger partial charge < -0.3 is 29.5 Å². The zero-order valence-corrected chi connectivity index (χ0v) is 24.2. The van der Waals surface area contributed by atoms with Crippen molar-refractivity contribution in [3.63, 3.8) is 0 Å². The van der Waals surface area contributed by atoms with Crippen LogP contribution in [0.2, 0.25) is 0 Å². The third-order valence-corrected chi connectivity index (χ3v) is 7.63. The van der Waals surface area contributed by atoms with Crippen LogP contribution in [0.3, 0.4) is 0 Å². The van der Waals surface area contributed by atoms with E-state index in [9.17, 15) is 14.4 Å². The number of urea groups is 1. The van der Waals surface area contributed by atoms with Crippen LogP contribution in [-0.4, -0.2) is 79.2 Å². The van der Waals surface area contributed by atoms with Crippen LogP contribution in [0.4, 0.5) is 21.9 Å². The normalized spacial score (nSPS) is 17.1. The number of carbonyl (C=O) groups excluding carboxylic acids is 2. The standard InChI is InChI=1S/C31H38N6O5/c1-3-41-27-15-9-8-14-25(27)33-31(40)35-19-17-34(18-20-35)26-21-32-37(24-12-6-5-7-13-24)29(38)28(26)36-16-10-11-23(22-36)30(39)42-4-2/h5-9,12-15,21,23H,3-4,10-11,16-20,22H2,1-2H3,(H,33,40). The Kier molecular flexibility index (Phi) is 9.25. The van der Waals surface area contributed by atoms with Gasteiger partial charge in [0, 0.05) is 39.3 Å². The average Bonchev–Trinajstić information content (AvgIpc) is 3.02. The van der Waals surface area contributed by atoms with E-state index in [2.05, 4.69) is 15.3 Å². The summed E-state index contributed by atoms with van der Waals surface area (Å²) in [4.78, 5) is 45.6. The minimum absolute atomic E-state index is 0.201. The first kappa shape index (κ1) is 29.0. The molecule has 222 valence electrons. The zero-order valence-electron chi connectivity index (χ0n) is 24.2. The number of nitrogens with zero attached hydrogens (tertiary/aromatic N) is 5. The van der Waals surface area contributed by atoms with E-state index in [-0.39, 0.29) is 23.5 Å². The van der Waals surface area contributed by atoms with Crippen LogP contribution in [-0.2, 0) is 9.53 Å². The molecule has 0 spiro atoms. The number of hydrogen-bond acceptors (Lipinski definition) is 8. The summed E-state index contributed by atoms with van der Waals surface area (Å²) >= 11 is 0. The van der Waals surface area contributed by atoms with Crippen molar-refractivity contribution >= 4 is 29.1 Å². The van der Waals surface area contributed by atoms with E-state index in [1.54, 1.807) is 18.0 Å². The molecule has 3 aromatic rings. The van der Waals surface area contributed by atoms with Gasteiger partial charge in [0.1, 0.15) is 11.4 Å². The topological polar surface area (TPSA) is 109 Å². The van der Waals surface area contributed by atoms with Crippen LogP contribution < -0.4 is 25.4 Å². The molecule has 11 nitrogen and oxygen atoms in total. The van der Waals surface area contributed by atoms with Crippen molar-refractivity contribution in [3.05, 3.63) is 71.1 Å². The summed E-state index contributed by atoms with van der Waals surface area (Å²) in [6.45, 7) is 7.58. The smallest absolute Gasteiger partial charge is 0.322 e. The first-order valence-electron chi connectivity index (χ1n) is 14.6. The molecule has 42 heavy (non-hydrogen) atoms. The summed E-state index contributed by atoms with van der Waals surface area (Å²) in [6, 6.07) is 16.5. The van der Waals surface area contributed by atoms with Gasteiger partial charge in [0.2, 0.25) is 0 Å². The van der Waals surface area contributed by atoms with Gasteiger partial charge in [0.05, 0.1) is 42.4 Å². The van der Waals surface area contributed by atoms with E-state index in [1.807, 2.05) is 66.4 Å². The number of anilines is 3. The Morgan fingerprint density at radius 2 is 1.67 bits per heavy atom. The zero-order chi connectivity index (χ0) is 29.5. The van der Waals surface area contributed by atoms with Crippen LogP contribution in [0.25, 0.3) is 5.69 Å². The molecular weight excluding hydrogens is 536 g/mol. The molecule has 0 radical (unpaired) electrons. The Morgan fingerprint density at radius 1 is 0.929 bits per heavy atom. The van der Waals surface area contributed by atoms with E-state index in [0.29, 0.717) is 81.0 Å². The molecule has 11 heteroatoms. The number of aromatic nitrogens is 2. The highest BCUT2D eigenvalue weighted by molar-refractivity contribution is 5.91. The first-order chi connectivity index (χ1) is 20.5. The van der Waals surface area contributed by atoms with Crippen LogP contribution in [0.1, 0.15) is 26.7 Å². The molecule has 2 aromatic carbocycles. The average molecular weight is 575 g/mol. The highest BCUT2D eigenvalue weighted by Gasteiger charge is 2.32. The van der Waals surface area contributed by atoms with E-state index in [4.69, 9.17) is 9.47 Å². The van der Waals surface area contributed by atoms with Gasteiger partial charge in [0.25, 0.3) is 5.56 Å². The van der Waals surface area contributed by atoms with E-state index < -0.39 is 0 Å². The number of carbonyl (C=O) groups is 2. The van der Waals surface area contributed by atoms with Crippen molar-refractivity contribution in [2.24, 2.45) is 5.92 Å². The Balaban J connectivity index is 1.38. The third-order valence-electron chi connectivity index (χ3n) is 7.63. The predicted octanol–water partition coefficient (Wildman–Crippen LogP) is 3.76. The van der Waals surface area contributed by atoms with Gasteiger partial charge in [-0.15, -0.1) is 0 Å². The highest BCUT2D eigenvalue weighted by Crippen LogP contribution is 2.31. The lowest BCUT2D eigenvalue weighted by Gasteiger charge is -2.39.